The molecule has 0 bridgehead atoms. The maximum absolute atomic E-state index is 13.2. The fourth-order valence-electron chi connectivity index (χ4n) is 4.27. The van der Waals surface area contributed by atoms with Crippen molar-refractivity contribution in [3.63, 3.8) is 0 Å². The van der Waals surface area contributed by atoms with Gasteiger partial charge in [0.2, 0.25) is 0 Å². The summed E-state index contributed by atoms with van der Waals surface area (Å²) >= 11 is 0. The summed E-state index contributed by atoms with van der Waals surface area (Å²) in [5.41, 5.74) is 2.04. The van der Waals surface area contributed by atoms with Crippen LogP contribution in [0.3, 0.4) is 0 Å². The van der Waals surface area contributed by atoms with Gasteiger partial charge in [-0.2, -0.15) is 0 Å². The highest BCUT2D eigenvalue weighted by molar-refractivity contribution is 6.05. The number of para-hydroxylation sites is 1. The van der Waals surface area contributed by atoms with Gasteiger partial charge in [-0.05, 0) is 32.0 Å². The molecule has 27 heavy (non-hydrogen) atoms. The van der Waals surface area contributed by atoms with E-state index in [2.05, 4.69) is 16.0 Å². The minimum atomic E-state index is -0.105. The van der Waals surface area contributed by atoms with E-state index in [9.17, 15) is 9.59 Å². The van der Waals surface area contributed by atoms with E-state index in [1.54, 1.807) is 16.2 Å². The molecule has 8 nitrogen and oxygen atoms in total. The lowest BCUT2D eigenvalue weighted by Crippen LogP contribution is -2.48. The number of aromatic nitrogens is 2. The number of hydrogen-bond acceptors (Lipinski definition) is 5. The first-order valence-corrected chi connectivity index (χ1v) is 9.72. The Morgan fingerprint density at radius 1 is 1.22 bits per heavy atom. The van der Waals surface area contributed by atoms with Crippen LogP contribution in [0, 0.1) is 0 Å². The van der Waals surface area contributed by atoms with Crippen LogP contribution in [0.15, 0.2) is 23.0 Å². The lowest BCUT2D eigenvalue weighted by molar-refractivity contribution is 0.0709. The van der Waals surface area contributed by atoms with Crippen LogP contribution in [0.1, 0.15) is 29.4 Å². The first-order chi connectivity index (χ1) is 13.1. The third kappa shape index (κ3) is 3.18. The number of nitrogens with one attached hydrogen (secondary N) is 3. The Kier molecular flexibility index (Phi) is 5.03. The summed E-state index contributed by atoms with van der Waals surface area (Å²) in [6, 6.07) is 6.12. The van der Waals surface area contributed by atoms with Gasteiger partial charge in [0.05, 0.1) is 16.6 Å². The predicted octanol–water partition coefficient (Wildman–Crippen LogP) is -0.145. The number of piperidine rings is 1. The summed E-state index contributed by atoms with van der Waals surface area (Å²) < 4.78 is 3.38. The van der Waals surface area contributed by atoms with Crippen molar-refractivity contribution in [2.75, 3.05) is 39.8 Å². The molecule has 0 saturated carbocycles. The normalized spacial score (nSPS) is 21.7. The fourth-order valence-corrected chi connectivity index (χ4v) is 4.27. The van der Waals surface area contributed by atoms with Gasteiger partial charge in [-0.15, -0.1) is 0 Å². The molecule has 2 fully saturated rings. The summed E-state index contributed by atoms with van der Waals surface area (Å²) in [5, 5.41) is 10.00. The van der Waals surface area contributed by atoms with Crippen LogP contribution in [0.4, 0.5) is 0 Å². The molecule has 3 heterocycles. The van der Waals surface area contributed by atoms with Gasteiger partial charge in [0.15, 0.2) is 0 Å². The average Bonchev–Trinajstić information content (AvgIpc) is 2.98. The molecule has 1 unspecified atom stereocenters. The Morgan fingerprint density at radius 2 is 2.00 bits per heavy atom. The lowest BCUT2D eigenvalue weighted by Gasteiger charge is -2.32. The number of rotatable bonds is 3. The van der Waals surface area contributed by atoms with Gasteiger partial charge in [0, 0.05) is 45.8 Å². The predicted molar refractivity (Wildman–Crippen MR) is 105 cm³/mol. The zero-order valence-corrected chi connectivity index (χ0v) is 16.0. The molecule has 1 amide bonds. The highest BCUT2D eigenvalue weighted by Gasteiger charge is 2.27. The van der Waals surface area contributed by atoms with Crippen molar-refractivity contribution in [3.8, 4) is 0 Å². The minimum Gasteiger partial charge on any atom is -0.338 e. The third-order valence-corrected chi connectivity index (χ3v) is 5.85. The summed E-state index contributed by atoms with van der Waals surface area (Å²) in [4.78, 5) is 28.1. The molecule has 0 radical (unpaired) electrons. The molecule has 2 saturated heterocycles. The molecule has 2 aromatic rings. The SMILES string of the molecule is CNC1CCN(C(=O)c2cccc3c2n(C)c(=O)n3C2CNCCN2)CC1. The van der Waals surface area contributed by atoms with Crippen molar-refractivity contribution in [2.24, 2.45) is 7.05 Å². The third-order valence-electron chi connectivity index (χ3n) is 5.85. The molecule has 1 aromatic heterocycles. The largest absolute Gasteiger partial charge is 0.338 e. The molecular formula is C19H28N6O2. The number of nitrogens with zero attached hydrogens (tertiary/aromatic N) is 3. The van der Waals surface area contributed by atoms with Crippen molar-refractivity contribution in [1.29, 1.82) is 0 Å². The standard InChI is InChI=1S/C19H28N6O2/c1-20-13-6-10-24(11-7-13)18(26)14-4-3-5-15-17(14)23(2)19(27)25(15)16-12-21-8-9-22-16/h3-5,13,16,20-22H,6-12H2,1-2H3. The number of piperazine rings is 1. The highest BCUT2D eigenvalue weighted by atomic mass is 16.2. The molecule has 2 aliphatic heterocycles. The van der Waals surface area contributed by atoms with Gasteiger partial charge in [0.25, 0.3) is 5.91 Å². The first-order valence-electron chi connectivity index (χ1n) is 9.72. The Morgan fingerprint density at radius 3 is 2.67 bits per heavy atom. The van der Waals surface area contributed by atoms with E-state index in [0.717, 1.165) is 50.1 Å². The quantitative estimate of drug-likeness (QED) is 0.698. The molecule has 0 aliphatic carbocycles. The summed E-state index contributed by atoms with van der Waals surface area (Å²) in [6.07, 6.45) is 1.80. The summed E-state index contributed by atoms with van der Waals surface area (Å²) in [5.74, 6) is 0.0117. The van der Waals surface area contributed by atoms with Crippen LogP contribution in [0.5, 0.6) is 0 Å². The summed E-state index contributed by atoms with van der Waals surface area (Å²) in [6.45, 7) is 3.87. The minimum absolute atomic E-state index is 0.0117. The molecule has 0 spiro atoms. The number of carbonyl (C=O) groups is 1. The van der Waals surface area contributed by atoms with Crippen LogP contribution in [-0.4, -0.2) is 65.8 Å². The number of imidazole rings is 1. The number of fused-ring (bicyclic) bond motifs is 1. The molecule has 8 heteroatoms. The summed E-state index contributed by atoms with van der Waals surface area (Å²) in [7, 11) is 3.72. The fraction of sp³-hybridized carbons (Fsp3) is 0.579. The van der Waals surface area contributed by atoms with Gasteiger partial charge < -0.3 is 15.5 Å². The van der Waals surface area contributed by atoms with E-state index in [1.165, 1.54) is 0 Å². The van der Waals surface area contributed by atoms with Gasteiger partial charge in [-0.25, -0.2) is 4.79 Å². The zero-order chi connectivity index (χ0) is 19.0. The van der Waals surface area contributed by atoms with Crippen LogP contribution in [0.25, 0.3) is 11.0 Å². The van der Waals surface area contributed by atoms with Crippen LogP contribution in [0.2, 0.25) is 0 Å². The van der Waals surface area contributed by atoms with Crippen LogP contribution in [-0.2, 0) is 7.05 Å². The number of carbonyl (C=O) groups excluding carboxylic acids is 1. The van der Waals surface area contributed by atoms with Gasteiger partial charge in [0.1, 0.15) is 6.17 Å². The van der Waals surface area contributed by atoms with E-state index < -0.39 is 0 Å². The number of aryl methyl sites for hydroxylation is 1. The topological polar surface area (TPSA) is 83.3 Å². The molecule has 2 aliphatic rings. The number of likely N-dealkylation sites (tertiary alicyclic amines) is 1. The van der Waals surface area contributed by atoms with Crippen molar-refractivity contribution in [2.45, 2.75) is 25.0 Å². The zero-order valence-electron chi connectivity index (χ0n) is 16.0. The van der Waals surface area contributed by atoms with Crippen LogP contribution >= 0.6 is 0 Å². The first kappa shape index (κ1) is 18.2. The van der Waals surface area contributed by atoms with Crippen molar-refractivity contribution in [3.05, 3.63) is 34.2 Å². The van der Waals surface area contributed by atoms with E-state index in [1.807, 2.05) is 30.1 Å². The Hall–Kier alpha value is -2.16. The second kappa shape index (κ2) is 7.46. The number of benzene rings is 1. The van der Waals surface area contributed by atoms with Gasteiger partial charge in [-0.3, -0.25) is 19.2 Å². The highest BCUT2D eigenvalue weighted by Crippen LogP contribution is 2.23. The van der Waals surface area contributed by atoms with Crippen molar-refractivity contribution >= 4 is 16.9 Å². The van der Waals surface area contributed by atoms with Crippen LogP contribution < -0.4 is 21.6 Å². The number of hydrogen-bond donors (Lipinski definition) is 3. The molecule has 3 N–H and O–H groups in total. The maximum atomic E-state index is 13.2. The number of amides is 1. The van der Waals surface area contributed by atoms with Crippen molar-refractivity contribution < 1.29 is 4.79 Å². The Labute approximate surface area is 158 Å². The molecule has 1 atom stereocenters. The second-order valence-corrected chi connectivity index (χ2v) is 7.41. The van der Waals surface area contributed by atoms with E-state index in [0.29, 0.717) is 18.2 Å². The van der Waals surface area contributed by atoms with Crippen molar-refractivity contribution in [1.82, 2.24) is 30.0 Å². The monoisotopic (exact) mass is 372 g/mol. The van der Waals surface area contributed by atoms with Gasteiger partial charge in [-0.1, -0.05) is 6.07 Å². The Balaban J connectivity index is 1.72. The molecule has 1 aromatic carbocycles. The molecular weight excluding hydrogens is 344 g/mol. The van der Waals surface area contributed by atoms with E-state index in [-0.39, 0.29) is 17.8 Å². The smallest absolute Gasteiger partial charge is 0.330 e. The second-order valence-electron chi connectivity index (χ2n) is 7.41. The van der Waals surface area contributed by atoms with E-state index in [4.69, 9.17) is 0 Å². The van der Waals surface area contributed by atoms with E-state index >= 15 is 0 Å². The Bertz CT molecular complexity index is 887. The molecule has 4 rings (SSSR count). The lowest BCUT2D eigenvalue weighted by atomic mass is 10.0. The average molecular weight is 372 g/mol. The molecule has 146 valence electrons. The van der Waals surface area contributed by atoms with Gasteiger partial charge >= 0.3 is 5.69 Å². The maximum Gasteiger partial charge on any atom is 0.330 e.